The van der Waals surface area contributed by atoms with Gasteiger partial charge < -0.3 is 15.5 Å². The smallest absolute Gasteiger partial charge is 0.303 e. The number of nitrogens with one attached hydrogen (secondary N) is 1. The number of hydrogen-bond acceptors (Lipinski definition) is 5. The quantitative estimate of drug-likeness (QED) is 0.271. The van der Waals surface area contributed by atoms with Crippen LogP contribution in [0.15, 0.2) is 71.6 Å². The van der Waals surface area contributed by atoms with Crippen molar-refractivity contribution in [2.45, 2.75) is 62.5 Å². The van der Waals surface area contributed by atoms with Gasteiger partial charge in [0, 0.05) is 32.1 Å². The Labute approximate surface area is 242 Å². The molecule has 1 atom stereocenters. The van der Waals surface area contributed by atoms with Gasteiger partial charge in [0.15, 0.2) is 0 Å². The minimum absolute atomic E-state index is 0.0345. The van der Waals surface area contributed by atoms with Crippen LogP contribution < -0.4 is 5.32 Å². The number of fused-ring (bicyclic) bond motifs is 1. The van der Waals surface area contributed by atoms with Gasteiger partial charge in [0.2, 0.25) is 10.0 Å². The second kappa shape index (κ2) is 12.8. The average molecular weight is 583 g/mol. The number of carbonyl (C=O) groups is 1. The van der Waals surface area contributed by atoms with Gasteiger partial charge in [0.1, 0.15) is 5.82 Å². The predicted octanol–water partition coefficient (Wildman–Crippen LogP) is 4.66. The Morgan fingerprint density at radius 2 is 1.71 bits per heavy atom. The summed E-state index contributed by atoms with van der Waals surface area (Å²) in [5, 5.41) is 23.1. The van der Waals surface area contributed by atoms with E-state index in [0.29, 0.717) is 17.0 Å². The van der Waals surface area contributed by atoms with Crippen LogP contribution in [0.2, 0.25) is 0 Å². The van der Waals surface area contributed by atoms with Crippen molar-refractivity contribution in [1.29, 1.82) is 0 Å². The van der Waals surface area contributed by atoms with Crippen LogP contribution >= 0.6 is 0 Å². The van der Waals surface area contributed by atoms with Gasteiger partial charge in [-0.25, -0.2) is 12.8 Å². The zero-order valence-corrected chi connectivity index (χ0v) is 24.6. The maximum absolute atomic E-state index is 14.2. The average Bonchev–Trinajstić information content (AvgIpc) is 3.33. The Morgan fingerprint density at radius 1 is 1.05 bits per heavy atom. The lowest BCUT2D eigenvalue weighted by Gasteiger charge is -2.31. The SMILES string of the molecule is CN(CC(O)CNC(C)(C)CC1Cc2ccccc2C1)S(=O)(=O)c1cccc(-c2ccc(F)c(CCC(=O)O)c2)c1. The van der Waals surface area contributed by atoms with Crippen LogP contribution in [0.5, 0.6) is 0 Å². The van der Waals surface area contributed by atoms with E-state index in [1.54, 1.807) is 18.2 Å². The molecule has 3 N–H and O–H groups in total. The normalized spacial score (nSPS) is 14.8. The number of hydrogen-bond donors (Lipinski definition) is 3. The summed E-state index contributed by atoms with van der Waals surface area (Å²) < 4.78 is 42.1. The highest BCUT2D eigenvalue weighted by Crippen LogP contribution is 2.32. The first-order chi connectivity index (χ1) is 19.3. The number of carboxylic acid groups (broad SMARTS) is 1. The molecule has 3 aromatic rings. The molecule has 0 bridgehead atoms. The number of sulfonamides is 1. The van der Waals surface area contributed by atoms with Crippen molar-refractivity contribution >= 4 is 16.0 Å². The number of aryl methyl sites for hydroxylation is 1. The van der Waals surface area contributed by atoms with Crippen LogP contribution in [-0.2, 0) is 34.1 Å². The molecule has 0 spiro atoms. The zero-order chi connectivity index (χ0) is 29.8. The third-order valence-corrected chi connectivity index (χ3v) is 9.57. The van der Waals surface area contributed by atoms with Crippen molar-refractivity contribution in [2.75, 3.05) is 20.1 Å². The molecule has 9 heteroatoms. The van der Waals surface area contributed by atoms with Gasteiger partial charge in [-0.2, -0.15) is 4.31 Å². The molecule has 1 aliphatic carbocycles. The highest BCUT2D eigenvalue weighted by Gasteiger charge is 2.29. The number of halogens is 1. The fraction of sp³-hybridized carbons (Fsp3) is 0.406. The number of aliphatic carboxylic acids is 1. The molecule has 1 aliphatic rings. The second-order valence-electron chi connectivity index (χ2n) is 11.7. The maximum atomic E-state index is 14.2. The molecule has 1 unspecified atom stereocenters. The zero-order valence-electron chi connectivity index (χ0n) is 23.8. The predicted molar refractivity (Wildman–Crippen MR) is 158 cm³/mol. The summed E-state index contributed by atoms with van der Waals surface area (Å²) in [6.45, 7) is 4.38. The molecular formula is C32H39FN2O5S. The fourth-order valence-corrected chi connectivity index (χ4v) is 6.90. The van der Waals surface area contributed by atoms with Gasteiger partial charge in [0.25, 0.3) is 0 Å². The topological polar surface area (TPSA) is 107 Å². The first kappa shape index (κ1) is 30.8. The Morgan fingerprint density at radius 3 is 2.37 bits per heavy atom. The number of rotatable bonds is 13. The van der Waals surface area contributed by atoms with Crippen molar-refractivity contribution in [3.8, 4) is 11.1 Å². The van der Waals surface area contributed by atoms with Crippen molar-refractivity contribution in [3.05, 3.63) is 89.2 Å². The van der Waals surface area contributed by atoms with Crippen molar-refractivity contribution in [3.63, 3.8) is 0 Å². The van der Waals surface area contributed by atoms with Gasteiger partial charge >= 0.3 is 5.97 Å². The third kappa shape index (κ3) is 8.01. The standard InChI is InChI=1S/C32H39FN2O5S/c1-32(2,19-22-15-23-7-4-5-8-24(23)16-22)34-20-28(36)21-35(3)41(39,40)29-10-6-9-25(18-29)26-11-13-30(33)27(17-26)12-14-31(37)38/h4-11,13,17-18,22,28,34,36H,12,14-16,19-21H2,1-3H3,(H,37,38). The number of nitrogens with zero attached hydrogens (tertiary/aromatic N) is 1. The van der Waals surface area contributed by atoms with Crippen LogP contribution in [-0.4, -0.2) is 60.7 Å². The van der Waals surface area contributed by atoms with Gasteiger partial charge in [-0.05, 0) is 97.5 Å². The number of aliphatic hydroxyl groups excluding tert-OH is 1. The van der Waals surface area contributed by atoms with Gasteiger partial charge in [-0.3, -0.25) is 4.79 Å². The molecule has 3 aromatic carbocycles. The van der Waals surface area contributed by atoms with Crippen LogP contribution in [0.4, 0.5) is 4.39 Å². The number of likely N-dealkylation sites (N-methyl/N-ethyl adjacent to an activating group) is 1. The van der Waals surface area contributed by atoms with Gasteiger partial charge in [-0.1, -0.05) is 42.5 Å². The monoisotopic (exact) mass is 582 g/mol. The highest BCUT2D eigenvalue weighted by molar-refractivity contribution is 7.89. The summed E-state index contributed by atoms with van der Waals surface area (Å²) in [4.78, 5) is 11.0. The lowest BCUT2D eigenvalue weighted by Crippen LogP contribution is -2.47. The van der Waals surface area contributed by atoms with E-state index in [1.807, 2.05) is 0 Å². The van der Waals surface area contributed by atoms with Crippen LogP contribution in [0.3, 0.4) is 0 Å². The fourth-order valence-electron chi connectivity index (χ4n) is 5.65. The molecule has 7 nitrogen and oxygen atoms in total. The Hall–Kier alpha value is -3.11. The minimum atomic E-state index is -3.91. The molecule has 0 fully saturated rings. The third-order valence-electron chi connectivity index (χ3n) is 7.75. The van der Waals surface area contributed by atoms with Gasteiger partial charge in [-0.15, -0.1) is 0 Å². The van der Waals surface area contributed by atoms with Crippen molar-refractivity contribution < 1.29 is 27.8 Å². The van der Waals surface area contributed by atoms with Crippen LogP contribution in [0.25, 0.3) is 11.1 Å². The molecule has 0 heterocycles. The number of carboxylic acids is 1. The molecule has 4 rings (SSSR count). The lowest BCUT2D eigenvalue weighted by atomic mass is 9.88. The number of benzene rings is 3. The molecule has 41 heavy (non-hydrogen) atoms. The van der Waals surface area contributed by atoms with E-state index in [-0.39, 0.29) is 41.9 Å². The summed E-state index contributed by atoms with van der Waals surface area (Å²) >= 11 is 0. The number of aliphatic hydroxyl groups is 1. The van der Waals surface area contributed by atoms with Gasteiger partial charge in [0.05, 0.1) is 11.0 Å². The molecule has 0 aromatic heterocycles. The second-order valence-corrected chi connectivity index (χ2v) is 13.7. The highest BCUT2D eigenvalue weighted by atomic mass is 32.2. The Kier molecular flexibility index (Phi) is 9.64. The summed E-state index contributed by atoms with van der Waals surface area (Å²) in [5.41, 5.74) is 3.99. The maximum Gasteiger partial charge on any atom is 0.303 e. The summed E-state index contributed by atoms with van der Waals surface area (Å²) in [5.74, 6) is -0.999. The summed E-state index contributed by atoms with van der Waals surface area (Å²) in [7, 11) is -2.48. The summed E-state index contributed by atoms with van der Waals surface area (Å²) in [6.07, 6.45) is 1.95. The first-order valence-electron chi connectivity index (χ1n) is 13.9. The molecule has 220 valence electrons. The Balaban J connectivity index is 1.36. The number of β-amino-alcohol motifs (C(OH)–C–C–N with tert-alkyl or cyclic N) is 1. The van der Waals surface area contributed by atoms with Crippen LogP contribution in [0, 0.1) is 11.7 Å². The summed E-state index contributed by atoms with van der Waals surface area (Å²) in [6, 6.07) is 19.2. The van der Waals surface area contributed by atoms with Crippen LogP contribution in [0.1, 0.15) is 43.4 Å². The van der Waals surface area contributed by atoms with E-state index < -0.39 is 27.9 Å². The van der Waals surface area contributed by atoms with Crippen molar-refractivity contribution in [1.82, 2.24) is 9.62 Å². The van der Waals surface area contributed by atoms with E-state index in [2.05, 4.69) is 43.4 Å². The lowest BCUT2D eigenvalue weighted by molar-refractivity contribution is -0.136. The van der Waals surface area contributed by atoms with E-state index in [4.69, 9.17) is 5.11 Å². The Bertz CT molecular complexity index is 1470. The largest absolute Gasteiger partial charge is 0.481 e. The molecule has 0 aliphatic heterocycles. The molecule has 0 radical (unpaired) electrons. The van der Waals surface area contributed by atoms with E-state index >= 15 is 0 Å². The molecular weight excluding hydrogens is 543 g/mol. The minimum Gasteiger partial charge on any atom is -0.481 e. The molecule has 0 amide bonds. The molecule has 0 saturated heterocycles. The molecule has 0 saturated carbocycles. The van der Waals surface area contributed by atoms with Crippen molar-refractivity contribution in [2.24, 2.45) is 5.92 Å². The van der Waals surface area contributed by atoms with E-state index in [0.717, 1.165) is 23.6 Å². The van der Waals surface area contributed by atoms with E-state index in [1.165, 1.54) is 42.4 Å². The van der Waals surface area contributed by atoms with E-state index in [9.17, 15) is 22.7 Å². The first-order valence-corrected chi connectivity index (χ1v) is 15.3.